The lowest BCUT2D eigenvalue weighted by atomic mass is 9.89. The topological polar surface area (TPSA) is 155 Å². The molecule has 240 valence electrons. The number of aromatic nitrogens is 2. The zero-order valence-corrected chi connectivity index (χ0v) is 23.9. The quantitative estimate of drug-likeness (QED) is 0.261. The lowest BCUT2D eigenvalue weighted by Gasteiger charge is -2.40. The van der Waals surface area contributed by atoms with E-state index >= 15 is 4.39 Å². The van der Waals surface area contributed by atoms with Crippen molar-refractivity contribution in [2.24, 2.45) is 0 Å². The van der Waals surface area contributed by atoms with Crippen molar-refractivity contribution in [3.05, 3.63) is 57.0 Å². The summed E-state index contributed by atoms with van der Waals surface area (Å²) in [6, 6.07) is 0.897. The summed E-state index contributed by atoms with van der Waals surface area (Å²) in [6.07, 6.45) is -0.0115. The Hall–Kier alpha value is -4.44. The number of hydrogen-bond acceptors (Lipinski definition) is 9. The number of hydrogen-bond donors (Lipinski definition) is 3. The molecule has 0 radical (unpaired) electrons. The second-order valence-corrected chi connectivity index (χ2v) is 11.5. The van der Waals surface area contributed by atoms with Crippen LogP contribution in [-0.4, -0.2) is 81.5 Å². The largest absolute Gasteiger partial charge is 0.477 e. The average Bonchev–Trinajstić information content (AvgIpc) is 3.37. The summed E-state index contributed by atoms with van der Waals surface area (Å²) < 4.78 is 71.7. The van der Waals surface area contributed by atoms with Gasteiger partial charge in [-0.15, -0.1) is 0 Å². The molecule has 3 aliphatic rings. The van der Waals surface area contributed by atoms with Crippen LogP contribution in [0.15, 0.2) is 17.1 Å². The first-order valence-electron chi connectivity index (χ1n) is 14.2. The molecule has 2 fully saturated rings. The Bertz CT molecular complexity index is 1790. The van der Waals surface area contributed by atoms with Crippen LogP contribution in [0, 0.1) is 23.4 Å². The van der Waals surface area contributed by atoms with Gasteiger partial charge in [0.25, 0.3) is 5.88 Å². The van der Waals surface area contributed by atoms with Crippen LogP contribution in [0.2, 0.25) is 0 Å². The zero-order valence-electron chi connectivity index (χ0n) is 23.9. The monoisotopic (exact) mass is 636 g/mol. The molecule has 0 saturated carbocycles. The van der Waals surface area contributed by atoms with E-state index in [1.165, 1.54) is 6.20 Å². The van der Waals surface area contributed by atoms with Gasteiger partial charge >= 0.3 is 12.1 Å². The number of nitrogens with zero attached hydrogens (tertiary/aromatic N) is 4. The van der Waals surface area contributed by atoms with Crippen molar-refractivity contribution in [1.82, 2.24) is 9.55 Å². The highest BCUT2D eigenvalue weighted by atomic mass is 19.2. The van der Waals surface area contributed by atoms with Crippen molar-refractivity contribution in [1.29, 1.82) is 0 Å². The summed E-state index contributed by atoms with van der Waals surface area (Å²) in [5.41, 5.74) is -2.72. The minimum absolute atomic E-state index is 0.0160. The van der Waals surface area contributed by atoms with Crippen LogP contribution in [0.3, 0.4) is 0 Å². The number of piperidine rings is 1. The van der Waals surface area contributed by atoms with Gasteiger partial charge in [-0.25, -0.2) is 18.4 Å². The van der Waals surface area contributed by atoms with Crippen molar-refractivity contribution in [3.63, 3.8) is 0 Å². The predicted molar refractivity (Wildman–Crippen MR) is 149 cm³/mol. The van der Waals surface area contributed by atoms with Gasteiger partial charge in [0.2, 0.25) is 17.2 Å². The van der Waals surface area contributed by atoms with Crippen molar-refractivity contribution in [2.75, 3.05) is 42.6 Å². The molecule has 16 heteroatoms. The van der Waals surface area contributed by atoms with E-state index in [1.807, 2.05) is 6.92 Å². The Kier molecular flexibility index (Phi) is 7.59. The number of aromatic carboxylic acids is 1. The molecule has 3 aromatic rings. The van der Waals surface area contributed by atoms with Crippen molar-refractivity contribution >= 4 is 34.3 Å². The van der Waals surface area contributed by atoms with Gasteiger partial charge < -0.3 is 34.3 Å². The summed E-state index contributed by atoms with van der Waals surface area (Å²) in [5, 5.41) is 29.8. The summed E-state index contributed by atoms with van der Waals surface area (Å²) in [5.74, 6) is -8.23. The molecule has 5 heterocycles. The predicted octanol–water partition coefficient (Wildman–Crippen LogP) is 2.89. The maximum absolute atomic E-state index is 15.6. The van der Waals surface area contributed by atoms with Crippen LogP contribution >= 0.6 is 0 Å². The molecule has 2 aromatic heterocycles. The Morgan fingerprint density at radius 2 is 1.87 bits per heavy atom. The molecule has 45 heavy (non-hydrogen) atoms. The number of benzene rings is 1. The number of pyridine rings is 2. The summed E-state index contributed by atoms with van der Waals surface area (Å²) in [7, 11) is 0. The second-order valence-electron chi connectivity index (χ2n) is 11.5. The summed E-state index contributed by atoms with van der Waals surface area (Å²) >= 11 is 0. The van der Waals surface area contributed by atoms with Crippen molar-refractivity contribution < 1.29 is 51.9 Å². The Balaban J connectivity index is 1.21. The lowest BCUT2D eigenvalue weighted by molar-refractivity contribution is -0.0267. The van der Waals surface area contributed by atoms with Gasteiger partial charge in [0, 0.05) is 36.3 Å². The number of amides is 1. The first-order valence-corrected chi connectivity index (χ1v) is 14.2. The molecular formula is C29H28F4N4O8. The number of cyclic esters (lactones) is 1. The SMILES string of the molecule is C[C@H]1CCc2c(N3CCC(O)(COc4nc(F)c(N5C[C@H](CO)OC5=O)c(F)c4F)CC3)c(F)cc3c(=O)c(C(=O)O)cn1c23. The molecule has 6 rings (SSSR count). The van der Waals surface area contributed by atoms with Crippen LogP contribution in [0.25, 0.3) is 10.9 Å². The van der Waals surface area contributed by atoms with Crippen LogP contribution in [0.4, 0.5) is 33.7 Å². The minimum atomic E-state index is -1.76. The number of anilines is 2. The number of aliphatic hydroxyl groups is 2. The standard InChI is InChI=1S/C29H28F4N4O8/c1-13-2-3-15-21-16(24(39)17(27(40)41)10-36(13)21)8-18(30)22(15)35-6-4-29(43,5-7-35)12-44-26-20(32)19(31)23(25(33)34-26)37-9-14(11-38)45-28(37)42/h8,10,13-14,38,43H,2-7,9,11-12H2,1H3,(H,40,41)/t13-,14+/m0/s1. The van der Waals surface area contributed by atoms with Gasteiger partial charge in [-0.05, 0) is 38.7 Å². The van der Waals surface area contributed by atoms with E-state index in [9.17, 15) is 37.8 Å². The number of rotatable bonds is 7. The highest BCUT2D eigenvalue weighted by Gasteiger charge is 2.40. The molecule has 3 N–H and O–H groups in total. The van der Waals surface area contributed by atoms with E-state index in [4.69, 9.17) is 14.6 Å². The molecule has 0 bridgehead atoms. The van der Waals surface area contributed by atoms with Gasteiger partial charge in [-0.3, -0.25) is 9.69 Å². The molecule has 1 amide bonds. The third-order valence-electron chi connectivity index (χ3n) is 8.68. The molecule has 0 aliphatic carbocycles. The number of aryl methyl sites for hydroxylation is 1. The van der Waals surface area contributed by atoms with E-state index in [1.54, 1.807) is 9.47 Å². The molecule has 2 atom stereocenters. The van der Waals surface area contributed by atoms with Crippen molar-refractivity contribution in [2.45, 2.75) is 50.4 Å². The molecule has 0 spiro atoms. The van der Waals surface area contributed by atoms with Gasteiger partial charge in [0.15, 0.2) is 5.82 Å². The van der Waals surface area contributed by atoms with E-state index in [-0.39, 0.29) is 43.0 Å². The number of carboxylic acids is 1. The van der Waals surface area contributed by atoms with E-state index < -0.39 is 89.5 Å². The molecule has 2 saturated heterocycles. The highest BCUT2D eigenvalue weighted by molar-refractivity contribution is 5.95. The van der Waals surface area contributed by atoms with Gasteiger partial charge in [0.1, 0.15) is 35.4 Å². The smallest absolute Gasteiger partial charge is 0.415 e. The Morgan fingerprint density at radius 1 is 1.16 bits per heavy atom. The Labute approximate surface area is 252 Å². The van der Waals surface area contributed by atoms with Crippen LogP contribution in [-0.2, 0) is 11.2 Å². The maximum atomic E-state index is 15.6. The second kappa shape index (κ2) is 11.2. The van der Waals surface area contributed by atoms with Crippen LogP contribution in [0.1, 0.15) is 48.1 Å². The zero-order chi connectivity index (χ0) is 32.4. The first-order chi connectivity index (χ1) is 21.3. The molecule has 1 aromatic carbocycles. The number of ether oxygens (including phenoxy) is 2. The lowest BCUT2D eigenvalue weighted by Crippen LogP contribution is -2.48. The number of aliphatic hydroxyl groups excluding tert-OH is 1. The first kappa shape index (κ1) is 30.6. The third-order valence-corrected chi connectivity index (χ3v) is 8.68. The van der Waals surface area contributed by atoms with E-state index in [0.717, 1.165) is 6.07 Å². The average molecular weight is 637 g/mol. The fourth-order valence-corrected chi connectivity index (χ4v) is 6.23. The number of halogens is 4. The number of carbonyl (C=O) groups excluding carboxylic acids is 1. The fourth-order valence-electron chi connectivity index (χ4n) is 6.23. The van der Waals surface area contributed by atoms with Crippen LogP contribution in [0.5, 0.6) is 5.88 Å². The highest BCUT2D eigenvalue weighted by Crippen LogP contribution is 2.40. The normalized spacial score (nSPS) is 20.9. The Morgan fingerprint density at radius 3 is 2.51 bits per heavy atom. The molecule has 0 unspecified atom stereocenters. The number of carbonyl (C=O) groups is 2. The van der Waals surface area contributed by atoms with E-state index in [0.29, 0.717) is 28.8 Å². The van der Waals surface area contributed by atoms with Crippen molar-refractivity contribution in [3.8, 4) is 5.88 Å². The fraction of sp³-hybridized carbons (Fsp3) is 0.448. The van der Waals surface area contributed by atoms with E-state index in [2.05, 4.69) is 4.98 Å². The maximum Gasteiger partial charge on any atom is 0.415 e. The number of carboxylic acid groups (broad SMARTS) is 1. The summed E-state index contributed by atoms with van der Waals surface area (Å²) in [4.78, 5) is 42.0. The minimum Gasteiger partial charge on any atom is -0.477 e. The third kappa shape index (κ3) is 5.10. The summed E-state index contributed by atoms with van der Waals surface area (Å²) in [6.45, 7) is 0.426. The van der Waals surface area contributed by atoms with Gasteiger partial charge in [-0.1, -0.05) is 0 Å². The van der Waals surface area contributed by atoms with Crippen LogP contribution < -0.4 is 20.0 Å². The van der Waals surface area contributed by atoms with Gasteiger partial charge in [0.05, 0.1) is 24.4 Å². The van der Waals surface area contributed by atoms with Gasteiger partial charge in [-0.2, -0.15) is 13.8 Å². The molecule has 12 nitrogen and oxygen atoms in total. The molecular weight excluding hydrogens is 608 g/mol. The molecule has 3 aliphatic heterocycles.